The number of aryl methyl sites for hydroxylation is 1. The Kier molecular flexibility index (Phi) is 6.82. The minimum absolute atomic E-state index is 0.477. The van der Waals surface area contributed by atoms with Crippen LogP contribution < -0.4 is 15.4 Å². The van der Waals surface area contributed by atoms with E-state index >= 15 is 0 Å². The van der Waals surface area contributed by atoms with E-state index in [0.29, 0.717) is 17.6 Å². The Morgan fingerprint density at radius 2 is 1.59 bits per heavy atom. The number of hydrogen-bond donors (Lipinski definition) is 2. The molecular weight excluding hydrogens is 486 g/mol. The molecule has 5 aromatic rings. The van der Waals surface area contributed by atoms with Crippen LogP contribution in [0.4, 0.5) is 17.5 Å². The van der Waals surface area contributed by atoms with Crippen molar-refractivity contribution in [3.8, 4) is 34.1 Å². The van der Waals surface area contributed by atoms with Gasteiger partial charge in [0.2, 0.25) is 11.8 Å². The molecular formula is C31H29N7O. The Bertz CT molecular complexity index is 1600. The summed E-state index contributed by atoms with van der Waals surface area (Å²) in [5.41, 5.74) is 8.36. The maximum Gasteiger partial charge on any atom is 0.228 e. The first kappa shape index (κ1) is 24.5. The van der Waals surface area contributed by atoms with Crippen molar-refractivity contribution >= 4 is 17.5 Å². The topological polar surface area (TPSA) is 97.7 Å². The second kappa shape index (κ2) is 10.9. The van der Waals surface area contributed by atoms with Gasteiger partial charge in [-0.1, -0.05) is 29.8 Å². The first-order valence-electron chi connectivity index (χ1n) is 13.1. The summed E-state index contributed by atoms with van der Waals surface area (Å²) < 4.78 is 6.16. The van der Waals surface area contributed by atoms with Gasteiger partial charge in [0.15, 0.2) is 5.82 Å². The van der Waals surface area contributed by atoms with Gasteiger partial charge in [0.25, 0.3) is 0 Å². The van der Waals surface area contributed by atoms with E-state index in [0.717, 1.165) is 53.3 Å². The quantitative estimate of drug-likeness (QED) is 0.245. The van der Waals surface area contributed by atoms with Gasteiger partial charge < -0.3 is 15.4 Å². The van der Waals surface area contributed by atoms with Crippen molar-refractivity contribution in [1.29, 1.82) is 0 Å². The smallest absolute Gasteiger partial charge is 0.228 e. The molecule has 0 spiro atoms. The fraction of sp³-hybridized carbons (Fsp3) is 0.194. The monoisotopic (exact) mass is 515 g/mol. The van der Waals surface area contributed by atoms with Crippen molar-refractivity contribution < 1.29 is 4.74 Å². The number of aromatic nitrogens is 5. The van der Waals surface area contributed by atoms with Crippen molar-refractivity contribution in [3.63, 3.8) is 0 Å². The lowest BCUT2D eigenvalue weighted by atomic mass is 9.89. The zero-order valence-corrected chi connectivity index (χ0v) is 22.0. The summed E-state index contributed by atoms with van der Waals surface area (Å²) in [6.07, 6.45) is 7.75. The number of benzene rings is 2. The highest BCUT2D eigenvalue weighted by molar-refractivity contribution is 5.70. The first-order chi connectivity index (χ1) is 19.2. The number of nitrogens with one attached hydrogen (secondary N) is 2. The van der Waals surface area contributed by atoms with Crippen LogP contribution in [0.1, 0.15) is 29.5 Å². The molecule has 6 rings (SSSR count). The summed E-state index contributed by atoms with van der Waals surface area (Å²) in [6, 6.07) is 22.0. The van der Waals surface area contributed by atoms with Crippen LogP contribution >= 0.6 is 0 Å². The third-order valence-electron chi connectivity index (χ3n) is 6.87. The minimum atomic E-state index is 0.477. The van der Waals surface area contributed by atoms with Gasteiger partial charge in [0.05, 0.1) is 17.0 Å². The number of pyridine rings is 1. The molecule has 1 aliphatic carbocycles. The van der Waals surface area contributed by atoms with Gasteiger partial charge >= 0.3 is 0 Å². The number of nitrogens with zero attached hydrogens (tertiary/aromatic N) is 5. The van der Waals surface area contributed by atoms with Crippen molar-refractivity contribution in [2.75, 3.05) is 17.7 Å². The number of anilines is 3. The molecule has 39 heavy (non-hydrogen) atoms. The molecule has 0 radical (unpaired) electrons. The van der Waals surface area contributed by atoms with E-state index in [1.165, 1.54) is 23.1 Å². The van der Waals surface area contributed by atoms with Crippen LogP contribution in [-0.4, -0.2) is 32.2 Å². The van der Waals surface area contributed by atoms with E-state index in [-0.39, 0.29) is 0 Å². The predicted molar refractivity (Wildman–Crippen MR) is 153 cm³/mol. The minimum Gasteiger partial charge on any atom is -0.438 e. The van der Waals surface area contributed by atoms with Crippen LogP contribution in [0, 0.1) is 6.92 Å². The average Bonchev–Trinajstić information content (AvgIpc) is 2.99. The van der Waals surface area contributed by atoms with Crippen LogP contribution in [0.3, 0.4) is 0 Å². The van der Waals surface area contributed by atoms with Crippen LogP contribution in [0.5, 0.6) is 11.6 Å². The van der Waals surface area contributed by atoms with Gasteiger partial charge in [0, 0.05) is 36.3 Å². The van der Waals surface area contributed by atoms with Gasteiger partial charge in [-0.2, -0.15) is 0 Å². The Hall–Kier alpha value is -4.85. The Balaban J connectivity index is 1.23. The Morgan fingerprint density at radius 1 is 0.795 bits per heavy atom. The summed E-state index contributed by atoms with van der Waals surface area (Å²) in [7, 11) is 1.79. The lowest BCUT2D eigenvalue weighted by Gasteiger charge is -2.21. The zero-order chi connectivity index (χ0) is 26.6. The van der Waals surface area contributed by atoms with Crippen LogP contribution in [0.25, 0.3) is 22.5 Å². The first-order valence-corrected chi connectivity index (χ1v) is 13.1. The number of fused-ring (bicyclic) bond motifs is 1. The van der Waals surface area contributed by atoms with E-state index in [2.05, 4.69) is 67.0 Å². The van der Waals surface area contributed by atoms with Crippen molar-refractivity contribution in [2.45, 2.75) is 32.6 Å². The highest BCUT2D eigenvalue weighted by atomic mass is 16.5. The lowest BCUT2D eigenvalue weighted by Crippen LogP contribution is -2.12. The molecule has 0 unspecified atom stereocenters. The second-order valence-corrected chi connectivity index (χ2v) is 9.55. The van der Waals surface area contributed by atoms with Crippen molar-refractivity contribution in [2.24, 2.45) is 0 Å². The standard InChI is InChI=1S/C31H29N7O/c1-20-9-11-21(12-10-20)28-24-6-3-4-7-25(24)29(38-37-28)35-22-13-15-23(16-14-22)39-30-26(8-5-18-33-30)27-17-19-34-31(32-2)36-27/h5,8-19H,3-4,6-7H2,1-2H3,(H,35,38)(H,32,34,36). The van der Waals surface area contributed by atoms with Gasteiger partial charge in [-0.15, -0.1) is 10.2 Å². The van der Waals surface area contributed by atoms with Gasteiger partial charge in [0.1, 0.15) is 5.75 Å². The number of ether oxygens (including phenoxy) is 1. The van der Waals surface area contributed by atoms with Gasteiger partial charge in [-0.3, -0.25) is 0 Å². The number of hydrogen-bond acceptors (Lipinski definition) is 8. The van der Waals surface area contributed by atoms with E-state index < -0.39 is 0 Å². The molecule has 3 heterocycles. The summed E-state index contributed by atoms with van der Waals surface area (Å²) in [4.78, 5) is 13.2. The van der Waals surface area contributed by atoms with E-state index in [1.807, 2.05) is 42.5 Å². The number of rotatable bonds is 7. The van der Waals surface area contributed by atoms with Crippen molar-refractivity contribution in [1.82, 2.24) is 25.1 Å². The Morgan fingerprint density at radius 3 is 2.38 bits per heavy atom. The molecule has 8 nitrogen and oxygen atoms in total. The summed E-state index contributed by atoms with van der Waals surface area (Å²) in [6.45, 7) is 2.10. The van der Waals surface area contributed by atoms with Gasteiger partial charge in [-0.05, 0) is 80.6 Å². The molecule has 0 aliphatic heterocycles. The van der Waals surface area contributed by atoms with Crippen LogP contribution in [0.2, 0.25) is 0 Å². The summed E-state index contributed by atoms with van der Waals surface area (Å²) >= 11 is 0. The normalized spacial score (nSPS) is 12.5. The third-order valence-corrected chi connectivity index (χ3v) is 6.87. The fourth-order valence-corrected chi connectivity index (χ4v) is 4.84. The molecule has 0 fully saturated rings. The highest BCUT2D eigenvalue weighted by Gasteiger charge is 2.21. The molecule has 2 aromatic carbocycles. The summed E-state index contributed by atoms with van der Waals surface area (Å²) in [5.74, 6) is 2.51. The molecule has 3 aromatic heterocycles. The molecule has 0 amide bonds. The highest BCUT2D eigenvalue weighted by Crippen LogP contribution is 2.35. The van der Waals surface area contributed by atoms with Crippen molar-refractivity contribution in [3.05, 3.63) is 95.8 Å². The fourth-order valence-electron chi connectivity index (χ4n) is 4.84. The van der Waals surface area contributed by atoms with Gasteiger partial charge in [-0.25, -0.2) is 15.0 Å². The molecule has 0 saturated heterocycles. The van der Waals surface area contributed by atoms with Crippen LogP contribution in [0.15, 0.2) is 79.1 Å². The third kappa shape index (κ3) is 5.27. The molecule has 0 saturated carbocycles. The lowest BCUT2D eigenvalue weighted by molar-refractivity contribution is 0.465. The molecule has 194 valence electrons. The molecule has 1 aliphatic rings. The molecule has 0 bridgehead atoms. The SMILES string of the molecule is CNc1nccc(-c2cccnc2Oc2ccc(Nc3nnc(-c4ccc(C)cc4)c4c3CCCC4)cc2)n1. The summed E-state index contributed by atoms with van der Waals surface area (Å²) in [5, 5.41) is 15.7. The van der Waals surface area contributed by atoms with E-state index in [9.17, 15) is 0 Å². The average molecular weight is 516 g/mol. The van der Waals surface area contributed by atoms with E-state index in [1.54, 1.807) is 19.4 Å². The van der Waals surface area contributed by atoms with Crippen LogP contribution in [-0.2, 0) is 12.8 Å². The predicted octanol–water partition coefficient (Wildman–Crippen LogP) is 6.76. The maximum absolute atomic E-state index is 6.16. The largest absolute Gasteiger partial charge is 0.438 e. The molecule has 2 N–H and O–H groups in total. The maximum atomic E-state index is 6.16. The van der Waals surface area contributed by atoms with E-state index in [4.69, 9.17) is 4.74 Å². The Labute approximate surface area is 227 Å². The second-order valence-electron chi connectivity index (χ2n) is 9.55. The molecule has 0 atom stereocenters. The molecule has 8 heteroatoms. The zero-order valence-electron chi connectivity index (χ0n) is 22.0.